The van der Waals surface area contributed by atoms with Gasteiger partial charge in [-0.05, 0) is 37.5 Å². The highest BCUT2D eigenvalue weighted by Gasteiger charge is 2.35. The van der Waals surface area contributed by atoms with Gasteiger partial charge in [-0.2, -0.15) is 0 Å². The number of nitrogens with zero attached hydrogens (tertiary/aromatic N) is 4. The molecular weight excluding hydrogens is 338 g/mol. The Morgan fingerprint density at radius 2 is 2.07 bits per heavy atom. The Morgan fingerprint density at radius 3 is 2.81 bits per heavy atom. The van der Waals surface area contributed by atoms with Crippen molar-refractivity contribution in [1.82, 2.24) is 25.3 Å². The second kappa shape index (κ2) is 7.18. The zero-order chi connectivity index (χ0) is 18.9. The van der Waals surface area contributed by atoms with Gasteiger partial charge in [-0.25, -0.2) is 15.0 Å². The van der Waals surface area contributed by atoms with Gasteiger partial charge in [0.05, 0.1) is 17.9 Å². The summed E-state index contributed by atoms with van der Waals surface area (Å²) in [5.74, 6) is 0.802. The van der Waals surface area contributed by atoms with E-state index in [0.717, 1.165) is 43.4 Å². The molecule has 0 aliphatic heterocycles. The summed E-state index contributed by atoms with van der Waals surface area (Å²) in [6.45, 7) is 4.45. The third kappa shape index (κ3) is 3.89. The van der Waals surface area contributed by atoms with Crippen LogP contribution < -0.4 is 5.32 Å². The third-order valence-corrected chi connectivity index (χ3v) is 5.43. The molecule has 2 aliphatic carbocycles. The van der Waals surface area contributed by atoms with Gasteiger partial charge in [0.1, 0.15) is 5.69 Å². The summed E-state index contributed by atoms with van der Waals surface area (Å²) in [5, 5.41) is 3.28. The van der Waals surface area contributed by atoms with Crippen molar-refractivity contribution in [3.05, 3.63) is 48.2 Å². The number of nitrogens with one attached hydrogen (secondary N) is 1. The molecule has 0 aromatic carbocycles. The first-order valence-corrected chi connectivity index (χ1v) is 9.59. The number of allylic oxidation sites excluding steroid dienone is 2. The van der Waals surface area contributed by atoms with E-state index in [2.05, 4.69) is 46.3 Å². The Balaban J connectivity index is 1.61. The molecule has 2 unspecified atom stereocenters. The number of amides is 1. The van der Waals surface area contributed by atoms with E-state index in [9.17, 15) is 4.79 Å². The third-order valence-electron chi connectivity index (χ3n) is 5.43. The van der Waals surface area contributed by atoms with Crippen LogP contribution in [0.15, 0.2) is 36.9 Å². The topological polar surface area (TPSA) is 80.7 Å². The van der Waals surface area contributed by atoms with Crippen LogP contribution in [0.1, 0.15) is 56.8 Å². The van der Waals surface area contributed by atoms with E-state index in [-0.39, 0.29) is 23.3 Å². The predicted molar refractivity (Wildman–Crippen MR) is 103 cm³/mol. The fourth-order valence-electron chi connectivity index (χ4n) is 4.04. The fourth-order valence-corrected chi connectivity index (χ4v) is 4.04. The van der Waals surface area contributed by atoms with Crippen LogP contribution in [-0.4, -0.2) is 25.8 Å². The molecule has 0 spiro atoms. The molecule has 1 N–H and O–H groups in total. The first kappa shape index (κ1) is 17.8. The Morgan fingerprint density at radius 1 is 1.19 bits per heavy atom. The van der Waals surface area contributed by atoms with Gasteiger partial charge in [0.15, 0.2) is 5.82 Å². The minimum atomic E-state index is -0.0435. The molecule has 0 bridgehead atoms. The van der Waals surface area contributed by atoms with Gasteiger partial charge in [0.25, 0.3) is 0 Å². The van der Waals surface area contributed by atoms with E-state index < -0.39 is 0 Å². The van der Waals surface area contributed by atoms with Crippen molar-refractivity contribution < 1.29 is 4.79 Å². The lowest BCUT2D eigenvalue weighted by molar-refractivity contribution is -0.126. The van der Waals surface area contributed by atoms with Gasteiger partial charge in [-0.15, -0.1) is 0 Å². The van der Waals surface area contributed by atoms with Crippen molar-refractivity contribution in [1.29, 1.82) is 0 Å². The summed E-state index contributed by atoms with van der Waals surface area (Å²) in [6, 6.07) is -0.0435. The lowest BCUT2D eigenvalue weighted by atomic mass is 9.74. The molecule has 0 radical (unpaired) electrons. The molecule has 0 fully saturated rings. The molecule has 2 aromatic heterocycles. The number of rotatable bonds is 3. The average molecular weight is 363 g/mol. The molecule has 0 saturated heterocycles. The predicted octanol–water partition coefficient (Wildman–Crippen LogP) is 3.42. The normalized spacial score (nSPS) is 23.5. The summed E-state index contributed by atoms with van der Waals surface area (Å²) < 4.78 is 0. The van der Waals surface area contributed by atoms with E-state index in [1.807, 2.05) is 6.20 Å². The zero-order valence-corrected chi connectivity index (χ0v) is 15.9. The minimum Gasteiger partial charge on any atom is -0.349 e. The number of fused-ring (bicyclic) bond motifs is 1. The second-order valence-electron chi connectivity index (χ2n) is 8.27. The molecule has 27 heavy (non-hydrogen) atoms. The van der Waals surface area contributed by atoms with Gasteiger partial charge < -0.3 is 5.32 Å². The van der Waals surface area contributed by atoms with Crippen molar-refractivity contribution >= 4 is 5.91 Å². The maximum Gasteiger partial charge on any atom is 0.223 e. The van der Waals surface area contributed by atoms with Crippen molar-refractivity contribution in [2.45, 2.75) is 52.0 Å². The van der Waals surface area contributed by atoms with Crippen LogP contribution in [0.2, 0.25) is 0 Å². The highest BCUT2D eigenvalue weighted by atomic mass is 16.1. The van der Waals surface area contributed by atoms with Crippen molar-refractivity contribution in [2.75, 3.05) is 0 Å². The van der Waals surface area contributed by atoms with Gasteiger partial charge in [0, 0.05) is 30.1 Å². The van der Waals surface area contributed by atoms with Gasteiger partial charge in [0.2, 0.25) is 5.91 Å². The largest absolute Gasteiger partial charge is 0.349 e. The van der Waals surface area contributed by atoms with E-state index in [0.29, 0.717) is 11.5 Å². The Labute approximate surface area is 159 Å². The van der Waals surface area contributed by atoms with Crippen LogP contribution >= 0.6 is 0 Å². The zero-order valence-electron chi connectivity index (χ0n) is 15.9. The number of carbonyl (C=O) groups is 1. The van der Waals surface area contributed by atoms with Crippen LogP contribution in [0.25, 0.3) is 11.5 Å². The summed E-state index contributed by atoms with van der Waals surface area (Å²) in [5.41, 5.74) is 2.75. The highest BCUT2D eigenvalue weighted by Crippen LogP contribution is 2.40. The quantitative estimate of drug-likeness (QED) is 0.845. The van der Waals surface area contributed by atoms with Gasteiger partial charge >= 0.3 is 0 Å². The molecule has 2 heterocycles. The van der Waals surface area contributed by atoms with Crippen molar-refractivity contribution in [3.63, 3.8) is 0 Å². The van der Waals surface area contributed by atoms with Crippen LogP contribution in [0.4, 0.5) is 0 Å². The standard InChI is InChI=1S/C21H25N5O/c1-21(2)10-16-15(12-24-19(25-16)18-13-22-8-9-23-18)17(11-21)26-20(27)14-6-4-3-5-7-14/h3-4,8-9,12-14,17H,5-7,10-11H2,1-2H3,(H,26,27). The van der Waals surface area contributed by atoms with Crippen LogP contribution in [0, 0.1) is 11.3 Å². The van der Waals surface area contributed by atoms with E-state index >= 15 is 0 Å². The smallest absolute Gasteiger partial charge is 0.223 e. The molecule has 0 saturated carbocycles. The number of aromatic nitrogens is 4. The minimum absolute atomic E-state index is 0.0435. The Bertz CT molecular complexity index is 862. The first-order chi connectivity index (χ1) is 13.0. The van der Waals surface area contributed by atoms with E-state index in [1.54, 1.807) is 18.6 Å². The molecule has 2 atom stereocenters. The maximum absolute atomic E-state index is 12.8. The molecule has 2 aliphatic rings. The lowest BCUT2D eigenvalue weighted by Crippen LogP contribution is -2.40. The van der Waals surface area contributed by atoms with Crippen LogP contribution in [0.5, 0.6) is 0 Å². The molecule has 4 rings (SSSR count). The monoisotopic (exact) mass is 363 g/mol. The number of hydrogen-bond acceptors (Lipinski definition) is 5. The summed E-state index contributed by atoms with van der Waals surface area (Å²) in [4.78, 5) is 30.5. The van der Waals surface area contributed by atoms with Gasteiger partial charge in [-0.3, -0.25) is 9.78 Å². The summed E-state index contributed by atoms with van der Waals surface area (Å²) in [7, 11) is 0. The second-order valence-corrected chi connectivity index (χ2v) is 8.27. The van der Waals surface area contributed by atoms with Crippen molar-refractivity contribution in [3.8, 4) is 11.5 Å². The van der Waals surface area contributed by atoms with E-state index in [4.69, 9.17) is 4.98 Å². The Kier molecular flexibility index (Phi) is 4.72. The highest BCUT2D eigenvalue weighted by molar-refractivity contribution is 5.79. The van der Waals surface area contributed by atoms with Crippen molar-refractivity contribution in [2.24, 2.45) is 11.3 Å². The number of carbonyl (C=O) groups excluding carboxylic acids is 1. The molecule has 6 heteroatoms. The molecular formula is C21H25N5O. The number of hydrogen-bond donors (Lipinski definition) is 1. The van der Waals surface area contributed by atoms with Gasteiger partial charge in [-0.1, -0.05) is 26.0 Å². The van der Waals surface area contributed by atoms with Crippen LogP contribution in [-0.2, 0) is 11.2 Å². The van der Waals surface area contributed by atoms with Crippen LogP contribution in [0.3, 0.4) is 0 Å². The summed E-state index contributed by atoms with van der Waals surface area (Å²) in [6.07, 6.45) is 15.6. The fraction of sp³-hybridized carbons (Fsp3) is 0.476. The molecule has 1 amide bonds. The molecule has 6 nitrogen and oxygen atoms in total. The lowest BCUT2D eigenvalue weighted by Gasteiger charge is -2.37. The maximum atomic E-state index is 12.8. The molecule has 140 valence electrons. The van der Waals surface area contributed by atoms with E-state index in [1.165, 1.54) is 0 Å². The average Bonchev–Trinajstić information content (AvgIpc) is 2.68. The Hall–Kier alpha value is -2.63. The molecule has 2 aromatic rings. The first-order valence-electron chi connectivity index (χ1n) is 9.59. The summed E-state index contributed by atoms with van der Waals surface area (Å²) >= 11 is 0. The SMILES string of the molecule is CC1(C)Cc2nc(-c3cnccn3)ncc2C(NC(=O)C2CC=CCC2)C1.